The zero-order valence-corrected chi connectivity index (χ0v) is 9.59. The van der Waals surface area contributed by atoms with Gasteiger partial charge in [0.05, 0.1) is 6.26 Å². The first-order chi connectivity index (χ1) is 8.92. The van der Waals surface area contributed by atoms with Gasteiger partial charge in [0, 0.05) is 16.0 Å². The normalized spacial score (nSPS) is 14.0. The number of benzene rings is 2. The zero-order valence-electron chi connectivity index (χ0n) is 9.59. The molecular formula is C16H10O2. The van der Waals surface area contributed by atoms with Crippen molar-refractivity contribution in [3.8, 4) is 17.2 Å². The summed E-state index contributed by atoms with van der Waals surface area (Å²) in [5.41, 5.74) is 1.10. The fourth-order valence-corrected chi connectivity index (χ4v) is 2.32. The minimum atomic E-state index is 0.871. The number of rotatable bonds is 0. The van der Waals surface area contributed by atoms with E-state index in [2.05, 4.69) is 12.1 Å². The maximum Gasteiger partial charge on any atom is 0.135 e. The summed E-state index contributed by atoms with van der Waals surface area (Å²) in [6.45, 7) is 0. The molecule has 0 unspecified atom stereocenters. The molecule has 0 aromatic heterocycles. The van der Waals surface area contributed by atoms with Crippen LogP contribution in [0.3, 0.4) is 0 Å². The van der Waals surface area contributed by atoms with Gasteiger partial charge in [0.15, 0.2) is 0 Å². The first-order valence-electron chi connectivity index (χ1n) is 5.87. The number of hydrogen-bond acceptors (Lipinski definition) is 2. The van der Waals surface area contributed by atoms with E-state index in [1.807, 2.05) is 42.5 Å². The van der Waals surface area contributed by atoms with E-state index in [0.29, 0.717) is 0 Å². The van der Waals surface area contributed by atoms with Crippen LogP contribution in [-0.2, 0) is 0 Å². The highest BCUT2D eigenvalue weighted by molar-refractivity contribution is 5.65. The van der Waals surface area contributed by atoms with Crippen molar-refractivity contribution < 1.29 is 9.47 Å². The standard InChI is InChI=1S/C16H10O2/c1-2-6-14-11(4-1)10-13-12-5-3-9-17-15(12)7-8-16(13)18-14/h1-10H. The van der Waals surface area contributed by atoms with Gasteiger partial charge in [0.1, 0.15) is 17.2 Å². The first-order valence-corrected chi connectivity index (χ1v) is 5.87. The molecule has 2 aromatic rings. The molecule has 0 N–H and O–H groups in total. The highest BCUT2D eigenvalue weighted by atomic mass is 16.5. The maximum absolute atomic E-state index is 5.91. The molecule has 2 aliphatic heterocycles. The molecule has 0 amide bonds. The molecule has 0 radical (unpaired) electrons. The minimum absolute atomic E-state index is 0.871. The monoisotopic (exact) mass is 234 g/mol. The van der Waals surface area contributed by atoms with Crippen molar-refractivity contribution >= 4 is 12.2 Å². The third-order valence-corrected chi connectivity index (χ3v) is 3.18. The molecule has 0 atom stereocenters. The summed E-state index contributed by atoms with van der Waals surface area (Å²) < 4.78 is 11.4. The lowest BCUT2D eigenvalue weighted by atomic mass is 10.1. The fraction of sp³-hybridized carbons (Fsp3) is 0. The van der Waals surface area contributed by atoms with Gasteiger partial charge >= 0.3 is 0 Å². The quantitative estimate of drug-likeness (QED) is 0.594. The van der Waals surface area contributed by atoms with Crippen LogP contribution in [0.2, 0.25) is 0 Å². The van der Waals surface area contributed by atoms with Gasteiger partial charge in [-0.2, -0.15) is 0 Å². The summed E-state index contributed by atoms with van der Waals surface area (Å²) in [4.78, 5) is 0. The summed E-state index contributed by atoms with van der Waals surface area (Å²) in [6, 6.07) is 11.9. The molecule has 0 spiro atoms. The van der Waals surface area contributed by atoms with Gasteiger partial charge in [-0.25, -0.2) is 0 Å². The van der Waals surface area contributed by atoms with E-state index in [-0.39, 0.29) is 0 Å². The second-order valence-electron chi connectivity index (χ2n) is 4.29. The van der Waals surface area contributed by atoms with Crippen LogP contribution in [0.4, 0.5) is 0 Å². The molecule has 0 bridgehead atoms. The van der Waals surface area contributed by atoms with Gasteiger partial charge in [0.2, 0.25) is 0 Å². The van der Waals surface area contributed by atoms with Crippen molar-refractivity contribution in [3.05, 3.63) is 64.7 Å². The van der Waals surface area contributed by atoms with Gasteiger partial charge < -0.3 is 9.47 Å². The summed E-state index contributed by atoms with van der Waals surface area (Å²) in [6.07, 6.45) is 7.78. The van der Waals surface area contributed by atoms with Crippen LogP contribution in [0.5, 0.6) is 17.2 Å². The molecule has 0 fully saturated rings. The van der Waals surface area contributed by atoms with Crippen molar-refractivity contribution in [2.75, 3.05) is 0 Å². The third kappa shape index (κ3) is 1.29. The molecule has 2 aromatic carbocycles. The Balaban J connectivity index is 2.11. The van der Waals surface area contributed by atoms with E-state index >= 15 is 0 Å². The SMILES string of the molecule is C1=COc2ccc3c(c2=C1)=Cc1ccccc1O3. The van der Waals surface area contributed by atoms with Crippen molar-refractivity contribution in [1.29, 1.82) is 0 Å². The topological polar surface area (TPSA) is 18.5 Å². The lowest BCUT2D eigenvalue weighted by Crippen LogP contribution is -2.30. The Labute approximate surface area is 104 Å². The van der Waals surface area contributed by atoms with E-state index in [0.717, 1.165) is 33.2 Å². The average molecular weight is 234 g/mol. The number of ether oxygens (including phenoxy) is 2. The first kappa shape index (κ1) is 9.54. The molecule has 2 heteroatoms. The van der Waals surface area contributed by atoms with E-state index < -0.39 is 0 Å². The molecule has 18 heavy (non-hydrogen) atoms. The van der Waals surface area contributed by atoms with E-state index in [1.165, 1.54) is 0 Å². The molecule has 86 valence electrons. The van der Waals surface area contributed by atoms with Crippen LogP contribution < -0.4 is 19.9 Å². The highest BCUT2D eigenvalue weighted by Crippen LogP contribution is 2.27. The average Bonchev–Trinajstić information content (AvgIpc) is 2.45. The van der Waals surface area contributed by atoms with Crippen LogP contribution in [0.15, 0.2) is 48.7 Å². The van der Waals surface area contributed by atoms with E-state index in [4.69, 9.17) is 9.47 Å². The van der Waals surface area contributed by atoms with Crippen LogP contribution in [-0.4, -0.2) is 0 Å². The minimum Gasteiger partial charge on any atom is -0.464 e. The Morgan fingerprint density at radius 1 is 0.778 bits per heavy atom. The molecule has 0 saturated heterocycles. The predicted octanol–water partition coefficient (Wildman–Crippen LogP) is 2.31. The van der Waals surface area contributed by atoms with Crippen LogP contribution >= 0.6 is 0 Å². The van der Waals surface area contributed by atoms with E-state index in [9.17, 15) is 0 Å². The van der Waals surface area contributed by atoms with Crippen LogP contribution in [0, 0.1) is 0 Å². The lowest BCUT2D eigenvalue weighted by Gasteiger charge is -2.16. The fourth-order valence-electron chi connectivity index (χ4n) is 2.32. The van der Waals surface area contributed by atoms with Crippen LogP contribution in [0.25, 0.3) is 12.2 Å². The van der Waals surface area contributed by atoms with Crippen molar-refractivity contribution in [2.24, 2.45) is 0 Å². The number of hydrogen-bond donors (Lipinski definition) is 0. The molecule has 2 nitrogen and oxygen atoms in total. The Bertz CT molecular complexity index is 785. The smallest absolute Gasteiger partial charge is 0.135 e. The summed E-state index contributed by atoms with van der Waals surface area (Å²) in [5.74, 6) is 2.65. The predicted molar refractivity (Wildman–Crippen MR) is 70.0 cm³/mol. The Hall–Kier alpha value is -2.48. The van der Waals surface area contributed by atoms with Crippen molar-refractivity contribution in [1.82, 2.24) is 0 Å². The third-order valence-electron chi connectivity index (χ3n) is 3.18. The second kappa shape index (κ2) is 3.50. The molecule has 0 aliphatic carbocycles. The van der Waals surface area contributed by atoms with Crippen molar-refractivity contribution in [2.45, 2.75) is 0 Å². The van der Waals surface area contributed by atoms with Gasteiger partial charge in [0.25, 0.3) is 0 Å². The number of para-hydroxylation sites is 1. The maximum atomic E-state index is 5.91. The zero-order chi connectivity index (χ0) is 11.9. The molecule has 2 heterocycles. The van der Waals surface area contributed by atoms with Gasteiger partial charge in [-0.05, 0) is 36.4 Å². The lowest BCUT2D eigenvalue weighted by molar-refractivity contribution is 0.456. The Kier molecular flexibility index (Phi) is 1.86. The molecule has 4 rings (SSSR count). The van der Waals surface area contributed by atoms with E-state index in [1.54, 1.807) is 6.26 Å². The number of fused-ring (bicyclic) bond motifs is 4. The largest absolute Gasteiger partial charge is 0.464 e. The number of allylic oxidation sites excluding steroid dienone is 1. The summed E-state index contributed by atoms with van der Waals surface area (Å²) >= 11 is 0. The Morgan fingerprint density at radius 2 is 1.67 bits per heavy atom. The van der Waals surface area contributed by atoms with Crippen molar-refractivity contribution in [3.63, 3.8) is 0 Å². The van der Waals surface area contributed by atoms with Gasteiger partial charge in [-0.3, -0.25) is 0 Å². The molecule has 0 saturated carbocycles. The summed E-state index contributed by atoms with van der Waals surface area (Å²) in [5, 5.41) is 2.15. The molecule has 2 aliphatic rings. The highest BCUT2D eigenvalue weighted by Gasteiger charge is 2.13. The Morgan fingerprint density at radius 3 is 2.67 bits per heavy atom. The van der Waals surface area contributed by atoms with Gasteiger partial charge in [-0.1, -0.05) is 18.2 Å². The molecular weight excluding hydrogens is 224 g/mol. The second-order valence-corrected chi connectivity index (χ2v) is 4.29. The van der Waals surface area contributed by atoms with Gasteiger partial charge in [-0.15, -0.1) is 0 Å². The summed E-state index contributed by atoms with van der Waals surface area (Å²) in [7, 11) is 0. The van der Waals surface area contributed by atoms with Crippen LogP contribution in [0.1, 0.15) is 5.56 Å².